The second kappa shape index (κ2) is 7.45. The fourth-order valence-corrected chi connectivity index (χ4v) is 2.48. The third-order valence-electron chi connectivity index (χ3n) is 2.58. The van der Waals surface area contributed by atoms with Crippen molar-refractivity contribution in [1.29, 1.82) is 0 Å². The minimum absolute atomic E-state index is 0.106. The number of thiophene rings is 1. The summed E-state index contributed by atoms with van der Waals surface area (Å²) in [5, 5.41) is 5.04. The predicted molar refractivity (Wildman–Crippen MR) is 73.1 cm³/mol. The first kappa shape index (κ1) is 14.2. The van der Waals surface area contributed by atoms with Crippen LogP contribution in [0.15, 0.2) is 17.5 Å². The number of hydrogen-bond acceptors (Lipinski definition) is 3. The smallest absolute Gasteiger partial charge is 0.220 e. The van der Waals surface area contributed by atoms with E-state index in [1.54, 1.807) is 11.3 Å². The average Bonchev–Trinajstić information content (AvgIpc) is 2.77. The SMILES string of the molecule is CC(C)CC(CN)NC(=O)CCc1cccs1. The molecule has 0 saturated heterocycles. The number of carbonyl (C=O) groups is 1. The summed E-state index contributed by atoms with van der Waals surface area (Å²) in [5.41, 5.74) is 5.65. The van der Waals surface area contributed by atoms with E-state index in [1.807, 2.05) is 11.4 Å². The lowest BCUT2D eigenvalue weighted by Crippen LogP contribution is -2.41. The molecule has 0 aromatic carbocycles. The molecule has 0 fully saturated rings. The van der Waals surface area contributed by atoms with Gasteiger partial charge in [-0.15, -0.1) is 11.3 Å². The third-order valence-corrected chi connectivity index (χ3v) is 3.52. The number of carbonyl (C=O) groups excluding carboxylic acids is 1. The zero-order chi connectivity index (χ0) is 12.7. The molecule has 0 aliphatic carbocycles. The molecule has 1 rings (SSSR count). The molecule has 3 N–H and O–H groups in total. The van der Waals surface area contributed by atoms with Crippen LogP contribution in [0.4, 0.5) is 0 Å². The van der Waals surface area contributed by atoms with Gasteiger partial charge >= 0.3 is 0 Å². The Morgan fingerprint density at radius 2 is 2.29 bits per heavy atom. The van der Waals surface area contributed by atoms with Gasteiger partial charge in [0, 0.05) is 23.9 Å². The third kappa shape index (κ3) is 5.84. The molecule has 4 heteroatoms. The monoisotopic (exact) mass is 254 g/mol. The first-order valence-corrected chi connectivity index (χ1v) is 7.01. The van der Waals surface area contributed by atoms with Gasteiger partial charge in [0.05, 0.1) is 0 Å². The zero-order valence-electron chi connectivity index (χ0n) is 10.6. The summed E-state index contributed by atoms with van der Waals surface area (Å²) in [6, 6.07) is 4.19. The van der Waals surface area contributed by atoms with Crippen molar-refractivity contribution in [2.45, 2.75) is 39.2 Å². The number of nitrogens with one attached hydrogen (secondary N) is 1. The summed E-state index contributed by atoms with van der Waals surface area (Å²) in [7, 11) is 0. The molecule has 0 aliphatic heterocycles. The Morgan fingerprint density at radius 3 is 2.82 bits per heavy atom. The van der Waals surface area contributed by atoms with E-state index < -0.39 is 0 Å². The van der Waals surface area contributed by atoms with E-state index in [0.717, 1.165) is 12.8 Å². The number of amides is 1. The lowest BCUT2D eigenvalue weighted by molar-refractivity contribution is -0.121. The van der Waals surface area contributed by atoms with Crippen LogP contribution >= 0.6 is 11.3 Å². The predicted octanol–water partition coefficient (Wildman–Crippen LogP) is 2.17. The van der Waals surface area contributed by atoms with Gasteiger partial charge in [-0.3, -0.25) is 4.79 Å². The molecule has 1 aromatic heterocycles. The average molecular weight is 254 g/mol. The highest BCUT2D eigenvalue weighted by Gasteiger charge is 2.12. The van der Waals surface area contributed by atoms with E-state index in [9.17, 15) is 4.79 Å². The van der Waals surface area contributed by atoms with Crippen LogP contribution in [0.2, 0.25) is 0 Å². The second-order valence-corrected chi connectivity index (χ2v) is 5.74. The van der Waals surface area contributed by atoms with Crippen LogP contribution in [0.5, 0.6) is 0 Å². The Labute approximate surface area is 107 Å². The Morgan fingerprint density at radius 1 is 1.53 bits per heavy atom. The van der Waals surface area contributed by atoms with Gasteiger partial charge in [-0.1, -0.05) is 19.9 Å². The molecule has 1 aromatic rings. The highest BCUT2D eigenvalue weighted by atomic mass is 32.1. The topological polar surface area (TPSA) is 55.1 Å². The number of aryl methyl sites for hydroxylation is 1. The van der Waals surface area contributed by atoms with Gasteiger partial charge in [0.25, 0.3) is 0 Å². The Balaban J connectivity index is 2.27. The van der Waals surface area contributed by atoms with Crippen LogP contribution in [0.1, 0.15) is 31.6 Å². The molecule has 0 aliphatic rings. The van der Waals surface area contributed by atoms with Crippen molar-refractivity contribution in [3.8, 4) is 0 Å². The summed E-state index contributed by atoms with van der Waals surface area (Å²) in [6.07, 6.45) is 2.32. The largest absolute Gasteiger partial charge is 0.352 e. The van der Waals surface area contributed by atoms with E-state index in [1.165, 1.54) is 4.88 Å². The molecule has 1 atom stereocenters. The standard InChI is InChI=1S/C13H22N2OS/c1-10(2)8-11(9-14)15-13(16)6-5-12-4-3-7-17-12/h3-4,7,10-11H,5-6,8-9,14H2,1-2H3,(H,15,16). The summed E-state index contributed by atoms with van der Waals surface area (Å²) >= 11 is 1.70. The first-order chi connectivity index (χ1) is 8.11. The van der Waals surface area contributed by atoms with Crippen molar-refractivity contribution in [3.05, 3.63) is 22.4 Å². The second-order valence-electron chi connectivity index (χ2n) is 4.71. The maximum atomic E-state index is 11.7. The number of nitrogens with two attached hydrogens (primary N) is 1. The fourth-order valence-electron chi connectivity index (χ4n) is 1.77. The van der Waals surface area contributed by atoms with Crippen LogP contribution in [0.25, 0.3) is 0 Å². The van der Waals surface area contributed by atoms with Crippen molar-refractivity contribution in [2.24, 2.45) is 11.7 Å². The Hall–Kier alpha value is -0.870. The molecule has 1 heterocycles. The quantitative estimate of drug-likeness (QED) is 0.783. The molecule has 1 unspecified atom stereocenters. The maximum absolute atomic E-state index is 11.7. The zero-order valence-corrected chi connectivity index (χ0v) is 11.4. The number of rotatable bonds is 7. The van der Waals surface area contributed by atoms with E-state index in [0.29, 0.717) is 18.9 Å². The van der Waals surface area contributed by atoms with E-state index in [-0.39, 0.29) is 11.9 Å². The van der Waals surface area contributed by atoms with Gasteiger partial charge in [0.15, 0.2) is 0 Å². The molecular weight excluding hydrogens is 232 g/mol. The van der Waals surface area contributed by atoms with Crippen LogP contribution in [-0.2, 0) is 11.2 Å². The number of hydrogen-bond donors (Lipinski definition) is 2. The van der Waals surface area contributed by atoms with Gasteiger partial charge in [-0.05, 0) is 30.2 Å². The molecular formula is C13H22N2OS. The van der Waals surface area contributed by atoms with Crippen molar-refractivity contribution in [2.75, 3.05) is 6.54 Å². The van der Waals surface area contributed by atoms with Crippen LogP contribution in [0, 0.1) is 5.92 Å². The van der Waals surface area contributed by atoms with Crippen molar-refractivity contribution < 1.29 is 4.79 Å². The van der Waals surface area contributed by atoms with Gasteiger partial charge in [-0.2, -0.15) is 0 Å². The summed E-state index contributed by atoms with van der Waals surface area (Å²) < 4.78 is 0. The van der Waals surface area contributed by atoms with E-state index >= 15 is 0 Å². The van der Waals surface area contributed by atoms with Crippen molar-refractivity contribution in [3.63, 3.8) is 0 Å². The highest BCUT2D eigenvalue weighted by molar-refractivity contribution is 7.09. The lowest BCUT2D eigenvalue weighted by atomic mass is 10.0. The van der Waals surface area contributed by atoms with Gasteiger partial charge in [0.1, 0.15) is 0 Å². The van der Waals surface area contributed by atoms with Crippen LogP contribution in [-0.4, -0.2) is 18.5 Å². The Kier molecular flexibility index (Phi) is 6.22. The fraction of sp³-hybridized carbons (Fsp3) is 0.615. The van der Waals surface area contributed by atoms with Gasteiger partial charge in [0.2, 0.25) is 5.91 Å². The molecule has 0 spiro atoms. The van der Waals surface area contributed by atoms with E-state index in [4.69, 9.17) is 5.73 Å². The minimum atomic E-state index is 0.106. The lowest BCUT2D eigenvalue weighted by Gasteiger charge is -2.18. The first-order valence-electron chi connectivity index (χ1n) is 6.13. The molecule has 0 radical (unpaired) electrons. The van der Waals surface area contributed by atoms with Crippen LogP contribution in [0.3, 0.4) is 0 Å². The van der Waals surface area contributed by atoms with Gasteiger partial charge in [-0.25, -0.2) is 0 Å². The molecule has 0 saturated carbocycles. The molecule has 17 heavy (non-hydrogen) atoms. The van der Waals surface area contributed by atoms with Gasteiger partial charge < -0.3 is 11.1 Å². The van der Waals surface area contributed by atoms with Crippen molar-refractivity contribution >= 4 is 17.2 Å². The van der Waals surface area contributed by atoms with E-state index in [2.05, 4.69) is 25.2 Å². The summed E-state index contributed by atoms with van der Waals surface area (Å²) in [5.74, 6) is 0.663. The summed E-state index contributed by atoms with van der Waals surface area (Å²) in [6.45, 7) is 4.80. The maximum Gasteiger partial charge on any atom is 0.220 e. The molecule has 96 valence electrons. The highest BCUT2D eigenvalue weighted by Crippen LogP contribution is 2.11. The molecule has 1 amide bonds. The Bertz CT molecular complexity index is 322. The minimum Gasteiger partial charge on any atom is -0.352 e. The van der Waals surface area contributed by atoms with Crippen molar-refractivity contribution in [1.82, 2.24) is 5.32 Å². The van der Waals surface area contributed by atoms with Crippen LogP contribution < -0.4 is 11.1 Å². The summed E-state index contributed by atoms with van der Waals surface area (Å²) in [4.78, 5) is 13.0. The normalized spacial score (nSPS) is 12.7. The molecule has 3 nitrogen and oxygen atoms in total. The molecule has 0 bridgehead atoms.